The van der Waals surface area contributed by atoms with Crippen LogP contribution in [0.4, 0.5) is 4.39 Å². The number of nitrogens with zero attached hydrogens (tertiary/aromatic N) is 2. The lowest BCUT2D eigenvalue weighted by molar-refractivity contribution is 0.411. The minimum atomic E-state index is -0.305. The van der Waals surface area contributed by atoms with Crippen molar-refractivity contribution in [2.24, 2.45) is 5.41 Å². The van der Waals surface area contributed by atoms with E-state index in [2.05, 4.69) is 102 Å². The summed E-state index contributed by atoms with van der Waals surface area (Å²) in [4.78, 5) is 5.27. The average Bonchev–Trinajstić information content (AvgIpc) is 3.44. The molecule has 0 fully saturated rings. The van der Waals surface area contributed by atoms with Crippen LogP contribution in [0.3, 0.4) is 0 Å². The second-order valence-corrected chi connectivity index (χ2v) is 13.3. The van der Waals surface area contributed by atoms with Gasteiger partial charge in [0, 0.05) is 16.8 Å². The molecule has 4 heteroatoms. The molecule has 0 unspecified atom stereocenters. The molecule has 0 N–H and O–H groups in total. The van der Waals surface area contributed by atoms with Crippen LogP contribution < -0.4 is 0 Å². The van der Waals surface area contributed by atoms with Crippen LogP contribution in [0.2, 0.25) is 0 Å². The molecule has 0 spiro atoms. The van der Waals surface area contributed by atoms with Crippen LogP contribution in [0, 0.1) is 18.2 Å². The fraction of sp³-hybridized carbons (Fsp3) is 0.324. The first-order valence-electron chi connectivity index (χ1n) is 14.7. The van der Waals surface area contributed by atoms with Crippen LogP contribution in [0.15, 0.2) is 71.1 Å². The van der Waals surface area contributed by atoms with Gasteiger partial charge in [-0.25, -0.2) is 9.37 Å². The molecule has 2 aromatic heterocycles. The van der Waals surface area contributed by atoms with Crippen molar-refractivity contribution >= 4 is 33.0 Å². The third kappa shape index (κ3) is 4.73. The van der Waals surface area contributed by atoms with Gasteiger partial charge in [-0.15, -0.1) is 0 Å². The van der Waals surface area contributed by atoms with E-state index in [1.54, 1.807) is 6.07 Å². The van der Waals surface area contributed by atoms with Gasteiger partial charge in [-0.3, -0.25) is 4.57 Å². The van der Waals surface area contributed by atoms with Gasteiger partial charge in [-0.05, 0) is 77.1 Å². The van der Waals surface area contributed by atoms with Crippen molar-refractivity contribution in [3.8, 4) is 17.1 Å². The Morgan fingerprint density at radius 3 is 2.17 bits per heavy atom. The number of furan rings is 1. The Bertz CT molecular complexity index is 1900. The van der Waals surface area contributed by atoms with E-state index < -0.39 is 0 Å². The second kappa shape index (κ2) is 9.87. The van der Waals surface area contributed by atoms with E-state index in [1.165, 1.54) is 34.5 Å². The Hall–Kier alpha value is -3.92. The Labute approximate surface area is 242 Å². The van der Waals surface area contributed by atoms with Crippen LogP contribution in [-0.2, 0) is 6.42 Å². The van der Waals surface area contributed by atoms with Crippen LogP contribution in [0.25, 0.3) is 50.0 Å². The van der Waals surface area contributed by atoms with Gasteiger partial charge < -0.3 is 4.42 Å². The summed E-state index contributed by atoms with van der Waals surface area (Å²) >= 11 is 0. The quantitative estimate of drug-likeness (QED) is 0.215. The molecule has 0 saturated carbocycles. The Morgan fingerprint density at radius 2 is 1.51 bits per heavy atom. The van der Waals surface area contributed by atoms with Gasteiger partial charge in [0.05, 0.1) is 22.3 Å². The molecule has 6 rings (SSSR count). The van der Waals surface area contributed by atoms with Gasteiger partial charge >= 0.3 is 0 Å². The summed E-state index contributed by atoms with van der Waals surface area (Å²) in [6.45, 7) is 18.1. The predicted octanol–water partition coefficient (Wildman–Crippen LogP) is 10.9. The highest BCUT2D eigenvalue weighted by Gasteiger charge is 2.26. The molecular weight excluding hydrogens is 507 g/mol. The summed E-state index contributed by atoms with van der Waals surface area (Å²) in [7, 11) is 0. The van der Waals surface area contributed by atoms with Crippen molar-refractivity contribution in [1.82, 2.24) is 9.55 Å². The van der Waals surface area contributed by atoms with Gasteiger partial charge in [-0.2, -0.15) is 0 Å². The maximum absolute atomic E-state index is 14.2. The molecule has 0 aliphatic carbocycles. The summed E-state index contributed by atoms with van der Waals surface area (Å²) in [5.41, 5.74) is 10.7. The summed E-state index contributed by atoms with van der Waals surface area (Å²) in [5, 5.41) is 1.87. The van der Waals surface area contributed by atoms with Crippen molar-refractivity contribution in [3.05, 3.63) is 94.8 Å². The van der Waals surface area contributed by atoms with Crippen molar-refractivity contribution < 1.29 is 8.81 Å². The van der Waals surface area contributed by atoms with Crippen LogP contribution in [0.5, 0.6) is 0 Å². The molecule has 0 bridgehead atoms. The number of fused-ring (bicyclic) bond motifs is 4. The van der Waals surface area contributed by atoms with Gasteiger partial charge in [0.2, 0.25) is 0 Å². The number of aryl methyl sites for hydroxylation is 1. The number of hydrogen-bond donors (Lipinski definition) is 0. The van der Waals surface area contributed by atoms with Gasteiger partial charge in [0.1, 0.15) is 22.8 Å². The van der Waals surface area contributed by atoms with E-state index in [9.17, 15) is 4.39 Å². The highest BCUT2D eigenvalue weighted by molar-refractivity contribution is 6.10. The molecule has 6 aromatic rings. The van der Waals surface area contributed by atoms with Gasteiger partial charge in [0.15, 0.2) is 0 Å². The average molecular weight is 547 g/mol. The molecule has 0 saturated heterocycles. The van der Waals surface area contributed by atoms with Crippen molar-refractivity contribution in [2.75, 3.05) is 0 Å². The maximum atomic E-state index is 14.2. The zero-order valence-corrected chi connectivity index (χ0v) is 25.4. The second-order valence-electron chi connectivity index (χ2n) is 13.3. The number of rotatable bonds is 5. The van der Waals surface area contributed by atoms with E-state index in [-0.39, 0.29) is 11.2 Å². The minimum Gasteiger partial charge on any atom is -0.455 e. The van der Waals surface area contributed by atoms with Crippen molar-refractivity contribution in [1.29, 1.82) is 0 Å². The number of aromatic nitrogens is 2. The predicted molar refractivity (Wildman–Crippen MR) is 170 cm³/mol. The van der Waals surface area contributed by atoms with Crippen LogP contribution in [0.1, 0.15) is 82.6 Å². The topological polar surface area (TPSA) is 31.0 Å². The molecule has 0 aliphatic rings. The molecule has 41 heavy (non-hydrogen) atoms. The first-order valence-corrected chi connectivity index (χ1v) is 14.7. The smallest absolute Gasteiger partial charge is 0.149 e. The highest BCUT2D eigenvalue weighted by atomic mass is 19.1. The maximum Gasteiger partial charge on any atom is 0.149 e. The molecule has 0 radical (unpaired) electrons. The fourth-order valence-electron chi connectivity index (χ4n) is 6.21. The molecule has 2 heterocycles. The molecule has 210 valence electrons. The lowest BCUT2D eigenvalue weighted by Crippen LogP contribution is -2.14. The molecule has 3 nitrogen and oxygen atoms in total. The summed E-state index contributed by atoms with van der Waals surface area (Å²) < 4.78 is 23.0. The van der Waals surface area contributed by atoms with Gasteiger partial charge in [0.25, 0.3) is 0 Å². The summed E-state index contributed by atoms with van der Waals surface area (Å²) in [6.07, 6.45) is 1.01. The number of halogens is 1. The van der Waals surface area contributed by atoms with E-state index in [0.717, 1.165) is 50.8 Å². The lowest BCUT2D eigenvalue weighted by Gasteiger charge is -2.26. The van der Waals surface area contributed by atoms with E-state index in [0.29, 0.717) is 17.4 Å². The SMILES string of the molecule is Cc1ccc2c(oc3cc(F)ccc32)c1-c1nc2ccccc2n1-c1c(C(C)C)cc(CC(C)(C)C)cc1C(C)C. The standard InChI is InChI=1S/C37H39FN2O/c1-21(2)28-17-24(20-37(6,7)8)18-29(22(3)4)34(28)40-31-12-10-9-11-30(31)39-36(40)33-23(5)13-15-27-26-16-14-25(38)19-32(26)41-35(27)33/h9-19,21-22H,20H2,1-8H3. The van der Waals surface area contributed by atoms with Gasteiger partial charge in [-0.1, -0.05) is 84.9 Å². The fourth-order valence-corrected chi connectivity index (χ4v) is 6.21. The molecule has 0 atom stereocenters. The Morgan fingerprint density at radius 1 is 0.854 bits per heavy atom. The third-order valence-electron chi connectivity index (χ3n) is 8.03. The minimum absolute atomic E-state index is 0.185. The Kier molecular flexibility index (Phi) is 6.56. The summed E-state index contributed by atoms with van der Waals surface area (Å²) in [6, 6.07) is 22.2. The van der Waals surface area contributed by atoms with Crippen molar-refractivity contribution in [3.63, 3.8) is 0 Å². The first kappa shape index (κ1) is 27.3. The number of imidazole rings is 1. The first-order chi connectivity index (χ1) is 19.4. The largest absolute Gasteiger partial charge is 0.455 e. The van der Waals surface area contributed by atoms with Crippen molar-refractivity contribution in [2.45, 2.75) is 73.6 Å². The normalized spacial score (nSPS) is 12.6. The lowest BCUT2D eigenvalue weighted by atomic mass is 9.83. The zero-order chi connectivity index (χ0) is 29.2. The van der Waals surface area contributed by atoms with E-state index >= 15 is 0 Å². The number of hydrogen-bond acceptors (Lipinski definition) is 2. The molecule has 4 aromatic carbocycles. The molecule has 0 aliphatic heterocycles. The Balaban J connectivity index is 1.75. The number of para-hydroxylation sites is 2. The van der Waals surface area contributed by atoms with Crippen LogP contribution >= 0.6 is 0 Å². The number of benzene rings is 4. The summed E-state index contributed by atoms with van der Waals surface area (Å²) in [5.74, 6) is 1.16. The van der Waals surface area contributed by atoms with E-state index in [1.807, 2.05) is 6.07 Å². The van der Waals surface area contributed by atoms with E-state index in [4.69, 9.17) is 9.40 Å². The monoisotopic (exact) mass is 546 g/mol. The molecule has 0 amide bonds. The molecular formula is C37H39FN2O. The third-order valence-corrected chi connectivity index (χ3v) is 8.03. The zero-order valence-electron chi connectivity index (χ0n) is 25.4. The van der Waals surface area contributed by atoms with Crippen LogP contribution in [-0.4, -0.2) is 9.55 Å². The highest BCUT2D eigenvalue weighted by Crippen LogP contribution is 2.43.